The molecule has 0 unspecified atom stereocenters. The molecule has 6 heteroatoms. The summed E-state index contributed by atoms with van der Waals surface area (Å²) in [7, 11) is 0. The molecule has 5 nitrogen and oxygen atoms in total. The summed E-state index contributed by atoms with van der Waals surface area (Å²) in [5, 5.41) is 5.46. The van der Waals surface area contributed by atoms with Crippen LogP contribution in [0, 0.1) is 5.82 Å². The van der Waals surface area contributed by atoms with Crippen LogP contribution in [0.4, 0.5) is 10.1 Å². The Morgan fingerprint density at radius 3 is 2.30 bits per heavy atom. The smallest absolute Gasteiger partial charge is 0.243 e. The van der Waals surface area contributed by atoms with Crippen molar-refractivity contribution in [1.29, 1.82) is 0 Å². The molecule has 2 amide bonds. The Hall–Kier alpha value is -2.89. The van der Waals surface area contributed by atoms with Crippen molar-refractivity contribution in [2.75, 3.05) is 18.5 Å². The predicted molar refractivity (Wildman–Crippen MR) is 101 cm³/mol. The van der Waals surface area contributed by atoms with Gasteiger partial charge in [-0.1, -0.05) is 18.6 Å². The zero-order valence-corrected chi connectivity index (χ0v) is 15.3. The lowest BCUT2D eigenvalue weighted by Crippen LogP contribution is -2.50. The minimum absolute atomic E-state index is 0.116. The van der Waals surface area contributed by atoms with Crippen LogP contribution in [0.1, 0.15) is 31.7 Å². The van der Waals surface area contributed by atoms with Crippen LogP contribution < -0.4 is 15.4 Å². The van der Waals surface area contributed by atoms with Crippen LogP contribution in [-0.2, 0) is 15.0 Å². The second-order valence-corrected chi connectivity index (χ2v) is 6.63. The van der Waals surface area contributed by atoms with Crippen molar-refractivity contribution in [1.82, 2.24) is 5.32 Å². The Bertz CT molecular complexity index is 799. The Kier molecular flexibility index (Phi) is 5.74. The second-order valence-electron chi connectivity index (χ2n) is 6.63. The number of benzene rings is 2. The summed E-state index contributed by atoms with van der Waals surface area (Å²) in [5.74, 6) is -0.0957. The Balaban J connectivity index is 1.56. The number of hydrogen-bond acceptors (Lipinski definition) is 3. The number of amides is 2. The second kappa shape index (κ2) is 8.20. The maximum atomic E-state index is 13.2. The summed E-state index contributed by atoms with van der Waals surface area (Å²) in [5.41, 5.74) is 0.766. The van der Waals surface area contributed by atoms with Crippen LogP contribution in [0.3, 0.4) is 0 Å². The van der Waals surface area contributed by atoms with Crippen LogP contribution in [0.5, 0.6) is 5.75 Å². The van der Waals surface area contributed by atoms with Crippen molar-refractivity contribution in [2.45, 2.75) is 31.6 Å². The van der Waals surface area contributed by atoms with Gasteiger partial charge in [0.25, 0.3) is 0 Å². The highest BCUT2D eigenvalue weighted by Crippen LogP contribution is 2.43. The summed E-state index contributed by atoms with van der Waals surface area (Å²) < 4.78 is 18.5. The van der Waals surface area contributed by atoms with E-state index in [-0.39, 0.29) is 24.2 Å². The van der Waals surface area contributed by atoms with Crippen molar-refractivity contribution in [2.24, 2.45) is 0 Å². The van der Waals surface area contributed by atoms with Gasteiger partial charge < -0.3 is 15.4 Å². The molecule has 1 aliphatic carbocycles. The van der Waals surface area contributed by atoms with Crippen molar-refractivity contribution in [3.8, 4) is 5.75 Å². The van der Waals surface area contributed by atoms with E-state index in [4.69, 9.17) is 4.74 Å². The van der Waals surface area contributed by atoms with E-state index in [0.717, 1.165) is 17.7 Å². The highest BCUT2D eigenvalue weighted by atomic mass is 19.1. The van der Waals surface area contributed by atoms with Gasteiger partial charge in [0.15, 0.2) is 0 Å². The first-order valence-electron chi connectivity index (χ1n) is 9.10. The van der Waals surface area contributed by atoms with Crippen LogP contribution in [0.25, 0.3) is 0 Å². The fraction of sp³-hybridized carbons (Fsp3) is 0.333. The summed E-state index contributed by atoms with van der Waals surface area (Å²) in [6, 6.07) is 13.1. The molecule has 0 bridgehead atoms. The van der Waals surface area contributed by atoms with Gasteiger partial charge in [-0.15, -0.1) is 0 Å². The zero-order chi connectivity index (χ0) is 19.3. The summed E-state index contributed by atoms with van der Waals surface area (Å²) in [6.07, 6.45) is 2.33. The third-order valence-electron chi connectivity index (χ3n) is 4.90. The van der Waals surface area contributed by atoms with Gasteiger partial charge in [-0.05, 0) is 61.7 Å². The Morgan fingerprint density at radius 2 is 1.74 bits per heavy atom. The largest absolute Gasteiger partial charge is 0.494 e. The van der Waals surface area contributed by atoms with E-state index < -0.39 is 5.41 Å². The molecule has 0 heterocycles. The maximum Gasteiger partial charge on any atom is 0.243 e. The van der Waals surface area contributed by atoms with E-state index in [1.54, 1.807) is 36.4 Å². The number of carbonyl (C=O) groups excluding carboxylic acids is 2. The van der Waals surface area contributed by atoms with Crippen LogP contribution in [0.2, 0.25) is 0 Å². The molecule has 0 saturated heterocycles. The number of nitrogens with one attached hydrogen (secondary N) is 2. The fourth-order valence-electron chi connectivity index (χ4n) is 3.28. The molecule has 0 radical (unpaired) electrons. The molecule has 0 atom stereocenters. The van der Waals surface area contributed by atoms with E-state index in [1.165, 1.54) is 12.1 Å². The zero-order valence-electron chi connectivity index (χ0n) is 15.3. The Morgan fingerprint density at radius 1 is 1.07 bits per heavy atom. The summed E-state index contributed by atoms with van der Waals surface area (Å²) >= 11 is 0. The van der Waals surface area contributed by atoms with Gasteiger partial charge in [0, 0.05) is 5.69 Å². The minimum Gasteiger partial charge on any atom is -0.494 e. The molecule has 3 rings (SSSR count). The standard InChI is InChI=1S/C21H23FN2O3/c1-2-27-18-10-8-17(9-11-18)24-19(25)14-23-20(26)21(12-3-13-21)15-4-6-16(22)7-5-15/h4-11H,2-3,12-14H2,1H3,(H,23,26)(H,24,25). The van der Waals surface area contributed by atoms with Crippen molar-refractivity contribution >= 4 is 17.5 Å². The highest BCUT2D eigenvalue weighted by Gasteiger charge is 2.45. The van der Waals surface area contributed by atoms with Crippen molar-refractivity contribution < 1.29 is 18.7 Å². The lowest BCUT2D eigenvalue weighted by molar-refractivity contribution is -0.131. The van der Waals surface area contributed by atoms with Gasteiger partial charge in [0.1, 0.15) is 11.6 Å². The normalized spacial score (nSPS) is 14.7. The molecule has 1 saturated carbocycles. The lowest BCUT2D eigenvalue weighted by Gasteiger charge is -2.40. The molecule has 0 spiro atoms. The molecule has 27 heavy (non-hydrogen) atoms. The first-order valence-corrected chi connectivity index (χ1v) is 9.10. The number of ether oxygens (including phenoxy) is 1. The third-order valence-corrected chi connectivity index (χ3v) is 4.90. The monoisotopic (exact) mass is 370 g/mol. The van der Waals surface area contributed by atoms with E-state index in [2.05, 4.69) is 10.6 Å². The number of rotatable bonds is 7. The third kappa shape index (κ3) is 4.27. The average Bonchev–Trinajstić information content (AvgIpc) is 2.62. The molecule has 2 aromatic carbocycles. The molecule has 1 fully saturated rings. The van der Waals surface area contributed by atoms with Crippen LogP contribution in [-0.4, -0.2) is 25.0 Å². The number of hydrogen-bond donors (Lipinski definition) is 2. The highest BCUT2D eigenvalue weighted by molar-refractivity contribution is 5.97. The number of halogens is 1. The number of carbonyl (C=O) groups is 2. The van der Waals surface area contributed by atoms with Crippen molar-refractivity contribution in [3.63, 3.8) is 0 Å². The van der Waals surface area contributed by atoms with E-state index >= 15 is 0 Å². The lowest BCUT2D eigenvalue weighted by atomic mass is 9.64. The number of anilines is 1. The molecule has 2 N–H and O–H groups in total. The quantitative estimate of drug-likeness (QED) is 0.785. The first kappa shape index (κ1) is 18.9. The molecule has 0 aromatic heterocycles. The first-order chi connectivity index (χ1) is 13.0. The molecule has 1 aliphatic rings. The summed E-state index contributed by atoms with van der Waals surface area (Å²) in [4.78, 5) is 24.8. The summed E-state index contributed by atoms with van der Waals surface area (Å²) in [6.45, 7) is 2.36. The average molecular weight is 370 g/mol. The van der Waals surface area contributed by atoms with Gasteiger partial charge in [-0.3, -0.25) is 9.59 Å². The minimum atomic E-state index is -0.660. The molecule has 2 aromatic rings. The van der Waals surface area contributed by atoms with Gasteiger partial charge >= 0.3 is 0 Å². The molecule has 142 valence electrons. The topological polar surface area (TPSA) is 67.4 Å². The SMILES string of the molecule is CCOc1ccc(NC(=O)CNC(=O)C2(c3ccc(F)cc3)CCC2)cc1. The fourth-order valence-corrected chi connectivity index (χ4v) is 3.28. The van der Waals surface area contributed by atoms with Crippen LogP contribution >= 0.6 is 0 Å². The maximum absolute atomic E-state index is 13.2. The van der Waals surface area contributed by atoms with Gasteiger partial charge in [0.05, 0.1) is 18.6 Å². The van der Waals surface area contributed by atoms with Crippen LogP contribution in [0.15, 0.2) is 48.5 Å². The Labute approximate surface area is 157 Å². The van der Waals surface area contributed by atoms with Gasteiger partial charge in [0.2, 0.25) is 11.8 Å². The van der Waals surface area contributed by atoms with Gasteiger partial charge in [-0.2, -0.15) is 0 Å². The van der Waals surface area contributed by atoms with E-state index in [0.29, 0.717) is 25.1 Å². The molecule has 0 aliphatic heterocycles. The van der Waals surface area contributed by atoms with E-state index in [1.807, 2.05) is 6.92 Å². The van der Waals surface area contributed by atoms with E-state index in [9.17, 15) is 14.0 Å². The van der Waals surface area contributed by atoms with Gasteiger partial charge in [-0.25, -0.2) is 4.39 Å². The van der Waals surface area contributed by atoms with Crippen molar-refractivity contribution in [3.05, 3.63) is 59.9 Å². The molecular weight excluding hydrogens is 347 g/mol. The molecular formula is C21H23FN2O3. The predicted octanol–water partition coefficient (Wildman–Crippen LogP) is 3.40.